The molecule has 2 bridgehead atoms. The van der Waals surface area contributed by atoms with Gasteiger partial charge in [-0.3, -0.25) is 9.69 Å². The highest BCUT2D eigenvalue weighted by molar-refractivity contribution is 5.94. The van der Waals surface area contributed by atoms with Crippen LogP contribution in [0.5, 0.6) is 23.0 Å². The number of nitrogens with one attached hydrogen (secondary N) is 1. The molecule has 0 amide bonds. The van der Waals surface area contributed by atoms with Gasteiger partial charge in [0.25, 0.3) is 0 Å². The number of carbonyl (C=O) groups excluding carboxylic acids is 1. The molecule has 4 heterocycles. The number of piperidine rings is 1. The molecular formula is C32H41N5O7. The van der Waals surface area contributed by atoms with Gasteiger partial charge < -0.3 is 39.4 Å². The van der Waals surface area contributed by atoms with Crippen LogP contribution in [0.1, 0.15) is 44.6 Å². The van der Waals surface area contributed by atoms with E-state index in [2.05, 4.69) is 20.2 Å². The first-order valence-corrected chi connectivity index (χ1v) is 15.4. The van der Waals surface area contributed by atoms with Gasteiger partial charge in [0.1, 0.15) is 30.6 Å². The van der Waals surface area contributed by atoms with E-state index in [1.165, 1.54) is 6.33 Å². The van der Waals surface area contributed by atoms with Gasteiger partial charge in [0.2, 0.25) is 6.79 Å². The van der Waals surface area contributed by atoms with Crippen molar-refractivity contribution >= 4 is 28.2 Å². The number of likely N-dealkylation sites (tertiary alicyclic amines) is 1. The molecule has 0 spiro atoms. The van der Waals surface area contributed by atoms with Gasteiger partial charge in [0.15, 0.2) is 23.0 Å². The van der Waals surface area contributed by atoms with Crippen molar-refractivity contribution in [3.8, 4) is 23.0 Å². The van der Waals surface area contributed by atoms with E-state index < -0.39 is 6.10 Å². The van der Waals surface area contributed by atoms with Crippen molar-refractivity contribution in [3.63, 3.8) is 0 Å². The molecule has 0 unspecified atom stereocenters. The highest BCUT2D eigenvalue weighted by Gasteiger charge is 2.26. The molecule has 1 fully saturated rings. The first-order chi connectivity index (χ1) is 21.4. The van der Waals surface area contributed by atoms with Crippen molar-refractivity contribution in [3.05, 3.63) is 36.2 Å². The number of benzene rings is 2. The Morgan fingerprint density at radius 1 is 1.11 bits per heavy atom. The van der Waals surface area contributed by atoms with Crippen LogP contribution in [0.3, 0.4) is 0 Å². The van der Waals surface area contributed by atoms with E-state index in [9.17, 15) is 15.0 Å². The summed E-state index contributed by atoms with van der Waals surface area (Å²) in [6.07, 6.45) is 3.79. The molecule has 3 aliphatic heterocycles. The van der Waals surface area contributed by atoms with Gasteiger partial charge >= 0.3 is 0 Å². The molecule has 3 aliphatic rings. The van der Waals surface area contributed by atoms with Crippen molar-refractivity contribution in [1.82, 2.24) is 19.8 Å². The van der Waals surface area contributed by atoms with Gasteiger partial charge in [-0.1, -0.05) is 6.07 Å². The number of nitrogens with zero attached hydrogens (tertiary/aromatic N) is 4. The summed E-state index contributed by atoms with van der Waals surface area (Å²) in [7, 11) is 1.95. The van der Waals surface area contributed by atoms with E-state index in [-0.39, 0.29) is 31.3 Å². The summed E-state index contributed by atoms with van der Waals surface area (Å²) in [6.45, 7) is 5.00. The number of β-amino-alcohol motifs (C(OH)–C–C–N with tert-alkyl or cyclic N) is 1. The summed E-state index contributed by atoms with van der Waals surface area (Å²) in [5, 5.41) is 24.7. The summed E-state index contributed by atoms with van der Waals surface area (Å²) in [5.74, 6) is 2.94. The molecule has 0 aliphatic carbocycles. The Bertz CT molecular complexity index is 1480. The van der Waals surface area contributed by atoms with Crippen molar-refractivity contribution in [2.45, 2.75) is 63.8 Å². The minimum absolute atomic E-state index is 0.0773. The molecule has 0 radical (unpaired) electrons. The molecule has 6 rings (SSSR count). The fourth-order valence-corrected chi connectivity index (χ4v) is 5.87. The Morgan fingerprint density at radius 2 is 1.95 bits per heavy atom. The molecule has 44 heavy (non-hydrogen) atoms. The number of rotatable bonds is 5. The minimum Gasteiger partial charge on any atom is -0.490 e. The zero-order valence-electron chi connectivity index (χ0n) is 25.3. The van der Waals surface area contributed by atoms with Crippen LogP contribution in [0, 0.1) is 0 Å². The van der Waals surface area contributed by atoms with Crippen LogP contribution < -0.4 is 24.3 Å². The van der Waals surface area contributed by atoms with Crippen LogP contribution in [0.25, 0.3) is 10.9 Å². The van der Waals surface area contributed by atoms with Gasteiger partial charge in [-0.15, -0.1) is 0 Å². The normalized spacial score (nSPS) is 21.1. The number of hydrogen-bond acceptors (Lipinski definition) is 12. The number of aliphatic hydroxyl groups excluding tert-OH is 2. The molecule has 2 aromatic carbocycles. The second kappa shape index (κ2) is 13.5. The van der Waals surface area contributed by atoms with Crippen molar-refractivity contribution in [2.24, 2.45) is 0 Å². The maximum absolute atomic E-state index is 13.0. The van der Waals surface area contributed by atoms with Crippen LogP contribution in [-0.2, 0) is 11.3 Å². The largest absolute Gasteiger partial charge is 0.490 e. The number of ether oxygens (including phenoxy) is 4. The molecule has 12 heteroatoms. The molecule has 12 nitrogen and oxygen atoms in total. The maximum atomic E-state index is 13.0. The number of ketones is 1. The Labute approximate surface area is 256 Å². The number of aliphatic hydroxyl groups is 2. The van der Waals surface area contributed by atoms with Crippen LogP contribution in [-0.4, -0.2) is 101 Å². The monoisotopic (exact) mass is 607 g/mol. The van der Waals surface area contributed by atoms with E-state index in [4.69, 9.17) is 18.9 Å². The molecule has 2 atom stereocenters. The molecule has 3 N–H and O–H groups in total. The van der Waals surface area contributed by atoms with E-state index >= 15 is 0 Å². The van der Waals surface area contributed by atoms with Gasteiger partial charge in [0.05, 0.1) is 30.0 Å². The minimum atomic E-state index is -0.714. The van der Waals surface area contributed by atoms with Gasteiger partial charge in [-0.2, -0.15) is 0 Å². The first-order valence-electron chi connectivity index (χ1n) is 15.4. The number of anilines is 2. The third-order valence-corrected chi connectivity index (χ3v) is 8.65. The number of aromatic nitrogens is 2. The van der Waals surface area contributed by atoms with E-state index in [0.29, 0.717) is 86.1 Å². The van der Waals surface area contributed by atoms with Crippen LogP contribution >= 0.6 is 0 Å². The van der Waals surface area contributed by atoms with Gasteiger partial charge in [-0.05, 0) is 57.4 Å². The highest BCUT2D eigenvalue weighted by Crippen LogP contribution is 2.44. The fraction of sp³-hybridized carbons (Fsp3) is 0.531. The molecule has 236 valence electrons. The Balaban J connectivity index is 1.31. The Hall–Kier alpha value is -3.71. The predicted molar refractivity (Wildman–Crippen MR) is 164 cm³/mol. The molecule has 1 saturated heterocycles. The molecular weight excluding hydrogens is 566 g/mol. The number of Topliss-reactive ketones (excluding diaryl/α,β-unsaturated/α-hetero) is 1. The average Bonchev–Trinajstić information content (AvgIpc) is 3.50. The lowest BCUT2D eigenvalue weighted by molar-refractivity contribution is -0.123. The standard InChI is InChI=1S/C32H41N5O7/c1-20-26(40)5-3-4-12-41-28-13-24-25(14-29(28)42-17-23(39)16-37-10-8-22(38)9-11-37)33-18-34-32(24)35-30-21(15-36(20)2)6-7-27-31(30)44-19-43-27/h6-7,13-14,18,20,22-23,38-39H,3-5,8-12,15-17,19H2,1-2H3,(H,33,34,35)/t20-,23-/m0/s1. The number of fused-ring (bicyclic) bond motifs is 4. The van der Waals surface area contributed by atoms with Crippen LogP contribution in [0.4, 0.5) is 11.5 Å². The van der Waals surface area contributed by atoms with Crippen LogP contribution in [0.15, 0.2) is 30.6 Å². The summed E-state index contributed by atoms with van der Waals surface area (Å²) in [4.78, 5) is 26.3. The van der Waals surface area contributed by atoms with Gasteiger partial charge in [-0.25, -0.2) is 9.97 Å². The van der Waals surface area contributed by atoms with Crippen LogP contribution in [0.2, 0.25) is 0 Å². The quantitative estimate of drug-likeness (QED) is 0.392. The summed E-state index contributed by atoms with van der Waals surface area (Å²) < 4.78 is 23.9. The Kier molecular flexibility index (Phi) is 9.31. The highest BCUT2D eigenvalue weighted by atomic mass is 16.7. The average molecular weight is 608 g/mol. The molecule has 3 aromatic rings. The number of likely N-dealkylation sites (N-methyl/N-ethyl adjacent to an activating group) is 1. The van der Waals surface area contributed by atoms with E-state index in [1.807, 2.05) is 37.1 Å². The second-order valence-electron chi connectivity index (χ2n) is 11.9. The summed E-state index contributed by atoms with van der Waals surface area (Å²) in [6, 6.07) is 7.27. The SMILES string of the molecule is C[C@H]1C(=O)CCCCOc2cc3c(ncnc3cc2OC[C@@H](O)CN2CCC(O)CC2)Nc2c(ccc3c2OCO3)CN1C. The van der Waals surface area contributed by atoms with Crippen molar-refractivity contribution in [1.29, 1.82) is 0 Å². The van der Waals surface area contributed by atoms with Gasteiger partial charge in [0, 0.05) is 44.1 Å². The van der Waals surface area contributed by atoms with E-state index in [1.54, 1.807) is 6.07 Å². The lowest BCUT2D eigenvalue weighted by Gasteiger charge is -2.31. The second-order valence-corrected chi connectivity index (χ2v) is 11.9. The fourth-order valence-electron chi connectivity index (χ4n) is 5.87. The molecule has 1 aromatic heterocycles. The van der Waals surface area contributed by atoms with E-state index in [0.717, 1.165) is 29.7 Å². The molecule has 0 saturated carbocycles. The summed E-state index contributed by atoms with van der Waals surface area (Å²) >= 11 is 0. The zero-order chi connectivity index (χ0) is 30.6. The number of hydrogen-bond donors (Lipinski definition) is 3. The first kappa shape index (κ1) is 30.3. The lowest BCUT2D eigenvalue weighted by atomic mass is 10.0. The Morgan fingerprint density at radius 3 is 2.80 bits per heavy atom. The maximum Gasteiger partial charge on any atom is 0.231 e. The predicted octanol–water partition coefficient (Wildman–Crippen LogP) is 3.25. The lowest BCUT2D eigenvalue weighted by Crippen LogP contribution is -2.41. The zero-order valence-corrected chi connectivity index (χ0v) is 25.3. The third kappa shape index (κ3) is 6.83. The smallest absolute Gasteiger partial charge is 0.231 e. The third-order valence-electron chi connectivity index (χ3n) is 8.65. The topological polar surface area (TPSA) is 139 Å². The van der Waals surface area contributed by atoms with Crippen molar-refractivity contribution < 1.29 is 34.0 Å². The number of carbonyl (C=O) groups is 1. The summed E-state index contributed by atoms with van der Waals surface area (Å²) in [5.41, 5.74) is 2.30. The van der Waals surface area contributed by atoms with Crippen molar-refractivity contribution in [2.75, 3.05) is 52.0 Å².